The second-order valence-corrected chi connectivity index (χ2v) is 21.1. The van der Waals surface area contributed by atoms with Gasteiger partial charge in [-0.1, -0.05) is 93.0 Å². The van der Waals surface area contributed by atoms with E-state index in [4.69, 9.17) is 20.8 Å². The van der Waals surface area contributed by atoms with Gasteiger partial charge in [0.2, 0.25) is 10.0 Å². The number of nitrogens with zero attached hydrogens (tertiary/aromatic N) is 1. The van der Waals surface area contributed by atoms with Crippen LogP contribution in [0.2, 0.25) is 10.1 Å². The second kappa shape index (κ2) is 12.8. The van der Waals surface area contributed by atoms with Crippen LogP contribution in [0.15, 0.2) is 89.8 Å². The number of ether oxygens (including phenoxy) is 1. The predicted molar refractivity (Wildman–Crippen MR) is 185 cm³/mol. The largest absolute Gasteiger partial charge is 0.462 e. The summed E-state index contributed by atoms with van der Waals surface area (Å²) in [6.45, 7) is 8.79. The molecule has 0 aromatic heterocycles. The Morgan fingerprint density at radius 3 is 1.96 bits per heavy atom. The lowest BCUT2D eigenvalue weighted by Crippen LogP contribution is -2.66. The fourth-order valence-corrected chi connectivity index (χ4v) is 14.6. The number of piperidine rings is 1. The lowest BCUT2D eigenvalue weighted by atomic mass is 9.82. The third-order valence-electron chi connectivity index (χ3n) is 10.4. The minimum Gasteiger partial charge on any atom is -0.462 e. The van der Waals surface area contributed by atoms with E-state index in [1.54, 1.807) is 24.3 Å². The van der Waals surface area contributed by atoms with Crippen molar-refractivity contribution in [3.63, 3.8) is 0 Å². The molecule has 3 atom stereocenters. The number of sulfonamides is 1. The van der Waals surface area contributed by atoms with Gasteiger partial charge in [-0.3, -0.25) is 4.79 Å². The molecule has 2 aliphatic carbocycles. The zero-order valence-electron chi connectivity index (χ0n) is 27.3. The van der Waals surface area contributed by atoms with Crippen molar-refractivity contribution in [3.8, 4) is 0 Å². The van der Waals surface area contributed by atoms with Crippen LogP contribution in [0.3, 0.4) is 0 Å². The topological polar surface area (TPSA) is 72.9 Å². The van der Waals surface area contributed by atoms with Crippen molar-refractivity contribution >= 4 is 46.3 Å². The maximum atomic E-state index is 14.5. The molecule has 2 saturated carbocycles. The van der Waals surface area contributed by atoms with E-state index >= 15 is 0 Å². The molecule has 3 aromatic rings. The van der Waals surface area contributed by atoms with Crippen molar-refractivity contribution in [1.29, 1.82) is 0 Å². The van der Waals surface area contributed by atoms with Gasteiger partial charge in [-0.2, -0.15) is 4.31 Å². The SMILES string of the molecule is CC(=O)O[C@H]1C[C@@H](C2CC2)N(S(=O)(=O)c2ccc(Cl)cc2)[C@@H](C2(CCO[Si](c3ccccc3)(c3ccccc3)C(C)(C)C)CC2)C1. The molecule has 0 N–H and O–H groups in total. The molecule has 6 rings (SSSR count). The average Bonchev–Trinajstić information content (AvgIpc) is 3.95. The molecule has 46 heavy (non-hydrogen) atoms. The number of rotatable bonds is 11. The van der Waals surface area contributed by atoms with E-state index in [0.717, 1.165) is 32.1 Å². The van der Waals surface area contributed by atoms with Crippen molar-refractivity contribution < 1.29 is 22.4 Å². The first-order valence-corrected chi connectivity index (χ1v) is 20.3. The summed E-state index contributed by atoms with van der Waals surface area (Å²) in [5.74, 6) is -0.0424. The van der Waals surface area contributed by atoms with Gasteiger partial charge in [-0.25, -0.2) is 8.42 Å². The average molecular weight is 680 g/mol. The van der Waals surface area contributed by atoms with Crippen molar-refractivity contribution in [1.82, 2.24) is 4.31 Å². The summed E-state index contributed by atoms with van der Waals surface area (Å²) < 4.78 is 44.1. The molecular formula is C37H46ClNO5SSi. The molecule has 3 fully saturated rings. The van der Waals surface area contributed by atoms with E-state index in [0.29, 0.717) is 24.5 Å². The first kappa shape index (κ1) is 33.4. The molecule has 0 spiro atoms. The summed E-state index contributed by atoms with van der Waals surface area (Å²) in [6.07, 6.45) is 5.26. The molecule has 6 nitrogen and oxygen atoms in total. The van der Waals surface area contributed by atoms with Gasteiger partial charge >= 0.3 is 5.97 Å². The van der Waals surface area contributed by atoms with Gasteiger partial charge in [0.25, 0.3) is 8.32 Å². The first-order chi connectivity index (χ1) is 21.9. The molecule has 0 unspecified atom stereocenters. The molecule has 1 aliphatic heterocycles. The van der Waals surface area contributed by atoms with Crippen molar-refractivity contribution in [2.75, 3.05) is 6.61 Å². The van der Waals surface area contributed by atoms with E-state index in [1.807, 2.05) is 16.4 Å². The van der Waals surface area contributed by atoms with Crippen LogP contribution in [0.25, 0.3) is 0 Å². The number of esters is 1. The number of hydrogen-bond acceptors (Lipinski definition) is 5. The van der Waals surface area contributed by atoms with Crippen LogP contribution in [0.4, 0.5) is 0 Å². The Kier molecular flexibility index (Phi) is 9.33. The summed E-state index contributed by atoms with van der Waals surface area (Å²) in [5, 5.41) is 2.80. The quantitative estimate of drug-likeness (QED) is 0.162. The minimum atomic E-state index is -3.84. The fraction of sp³-hybridized carbons (Fsp3) is 0.486. The summed E-state index contributed by atoms with van der Waals surface area (Å²) in [5.41, 5.74) is -0.253. The number of hydrogen-bond donors (Lipinski definition) is 0. The summed E-state index contributed by atoms with van der Waals surface area (Å²) in [7, 11) is -6.59. The van der Waals surface area contributed by atoms with Gasteiger partial charge in [0, 0.05) is 43.5 Å². The lowest BCUT2D eigenvalue weighted by Gasteiger charge is -2.48. The number of carbonyl (C=O) groups is 1. The molecule has 3 aromatic carbocycles. The van der Waals surface area contributed by atoms with Crippen molar-refractivity contribution in [3.05, 3.63) is 90.0 Å². The number of benzene rings is 3. The zero-order valence-corrected chi connectivity index (χ0v) is 29.9. The predicted octanol–water partition coefficient (Wildman–Crippen LogP) is 6.95. The van der Waals surface area contributed by atoms with E-state index in [2.05, 4.69) is 69.3 Å². The monoisotopic (exact) mass is 679 g/mol. The Hall–Kier alpha value is -2.49. The lowest BCUT2D eigenvalue weighted by molar-refractivity contribution is -0.150. The summed E-state index contributed by atoms with van der Waals surface area (Å²) >= 11 is 6.16. The van der Waals surface area contributed by atoms with E-state index in [9.17, 15) is 13.2 Å². The maximum absolute atomic E-state index is 14.5. The Bertz CT molecular complexity index is 1580. The van der Waals surface area contributed by atoms with E-state index in [1.165, 1.54) is 17.3 Å². The Labute approximate surface area is 280 Å². The van der Waals surface area contributed by atoms with Crippen LogP contribution < -0.4 is 10.4 Å². The molecular weight excluding hydrogens is 634 g/mol. The van der Waals surface area contributed by atoms with Crippen molar-refractivity contribution in [2.45, 2.75) is 101 Å². The summed E-state index contributed by atoms with van der Waals surface area (Å²) in [4.78, 5) is 12.4. The van der Waals surface area contributed by atoms with Gasteiger partial charge in [0.1, 0.15) is 6.10 Å². The molecule has 0 radical (unpaired) electrons. The van der Waals surface area contributed by atoms with Crippen LogP contribution in [0, 0.1) is 11.3 Å². The van der Waals surface area contributed by atoms with Crippen LogP contribution in [0.1, 0.15) is 72.6 Å². The standard InChI is InChI=1S/C37H46ClNO5SSi/c1-27(40)44-30-25-34(28-15-16-28)39(45(41,42)31-19-17-29(38)18-20-31)35(26-30)37(21-22-37)23-24-43-46(36(2,3)4,32-11-7-5-8-12-32)33-13-9-6-10-14-33/h5-14,17-20,28,30,34-35H,15-16,21-26H2,1-4H3/t30-,34-,35+/m0/s1. The van der Waals surface area contributed by atoms with Crippen LogP contribution in [0.5, 0.6) is 0 Å². The Balaban J connectivity index is 1.35. The van der Waals surface area contributed by atoms with Crippen LogP contribution in [-0.4, -0.2) is 51.8 Å². The molecule has 1 saturated heterocycles. The maximum Gasteiger partial charge on any atom is 0.302 e. The fourth-order valence-electron chi connectivity index (χ4n) is 7.94. The molecule has 1 heterocycles. The first-order valence-electron chi connectivity index (χ1n) is 16.6. The normalized spacial score (nSPS) is 23.5. The zero-order chi connectivity index (χ0) is 32.7. The van der Waals surface area contributed by atoms with Gasteiger partial charge < -0.3 is 9.16 Å². The van der Waals surface area contributed by atoms with Gasteiger partial charge in [0.05, 0.1) is 4.90 Å². The highest BCUT2D eigenvalue weighted by Gasteiger charge is 2.60. The second-order valence-electron chi connectivity index (χ2n) is 14.5. The van der Waals surface area contributed by atoms with Crippen molar-refractivity contribution in [2.24, 2.45) is 11.3 Å². The summed E-state index contributed by atoms with van der Waals surface area (Å²) in [6, 6.07) is 27.3. The molecule has 9 heteroatoms. The highest BCUT2D eigenvalue weighted by atomic mass is 35.5. The molecule has 0 amide bonds. The number of carbonyl (C=O) groups excluding carboxylic acids is 1. The van der Waals surface area contributed by atoms with Gasteiger partial charge in [0.15, 0.2) is 0 Å². The third-order valence-corrected chi connectivity index (χ3v) is 17.7. The van der Waals surface area contributed by atoms with E-state index < -0.39 is 18.3 Å². The van der Waals surface area contributed by atoms with Crippen LogP contribution >= 0.6 is 11.6 Å². The molecule has 246 valence electrons. The molecule has 3 aliphatic rings. The van der Waals surface area contributed by atoms with Gasteiger partial charge in [-0.05, 0) is 83.1 Å². The Morgan fingerprint density at radius 1 is 0.913 bits per heavy atom. The van der Waals surface area contributed by atoms with Gasteiger partial charge in [-0.15, -0.1) is 0 Å². The molecule has 0 bridgehead atoms. The van der Waals surface area contributed by atoms with E-state index in [-0.39, 0.29) is 45.4 Å². The highest BCUT2D eigenvalue weighted by molar-refractivity contribution is 7.89. The van der Waals surface area contributed by atoms with Crippen LogP contribution in [-0.2, 0) is 24.0 Å². The smallest absolute Gasteiger partial charge is 0.302 e. The Morgan fingerprint density at radius 2 is 1.48 bits per heavy atom. The number of halogens is 1. The third kappa shape index (κ3) is 6.48. The minimum absolute atomic E-state index is 0.154. The highest BCUT2D eigenvalue weighted by Crippen LogP contribution is 2.59.